The van der Waals surface area contributed by atoms with Crippen LogP contribution < -0.4 is 5.32 Å². The highest BCUT2D eigenvalue weighted by atomic mass is 16.2. The first-order valence-electron chi connectivity index (χ1n) is 4.06. The Kier molecular flexibility index (Phi) is 1.60. The molecule has 12 heavy (non-hydrogen) atoms. The second kappa shape index (κ2) is 2.62. The number of nitrogens with one attached hydrogen (secondary N) is 1. The Morgan fingerprint density at radius 3 is 3.00 bits per heavy atom. The monoisotopic (exact) mass is 165 g/mol. The Balaban J connectivity index is 1.98. The number of hydrogen-bond acceptors (Lipinski definition) is 2. The quantitative estimate of drug-likeness (QED) is 0.703. The Hall–Kier alpha value is -1.32. The zero-order valence-electron chi connectivity index (χ0n) is 6.95. The molecular weight excluding hydrogens is 154 g/mol. The fraction of sp³-hybridized carbons (Fsp3) is 0.500. The van der Waals surface area contributed by atoms with E-state index in [1.165, 1.54) is 0 Å². The number of hydrogen-bond donors (Lipinski definition) is 1. The highest BCUT2D eigenvalue weighted by Crippen LogP contribution is 2.29. The highest BCUT2D eigenvalue weighted by molar-refractivity contribution is 5.93. The van der Waals surface area contributed by atoms with E-state index in [9.17, 15) is 4.79 Å². The first-order valence-corrected chi connectivity index (χ1v) is 4.06. The van der Waals surface area contributed by atoms with Crippen LogP contribution in [0.2, 0.25) is 0 Å². The second-order valence-corrected chi connectivity index (χ2v) is 3.14. The summed E-state index contributed by atoms with van der Waals surface area (Å²) in [4.78, 5) is 11.2. The average molecular weight is 165 g/mol. The Labute approximate surface area is 70.6 Å². The third kappa shape index (κ3) is 1.47. The van der Waals surface area contributed by atoms with E-state index in [-0.39, 0.29) is 11.8 Å². The minimum Gasteiger partial charge on any atom is -0.309 e. The van der Waals surface area contributed by atoms with Crippen molar-refractivity contribution in [3.8, 4) is 0 Å². The van der Waals surface area contributed by atoms with Gasteiger partial charge in [-0.2, -0.15) is 5.10 Å². The number of carbonyl (C=O) groups excluding carboxylic acids is 1. The zero-order valence-corrected chi connectivity index (χ0v) is 6.95. The summed E-state index contributed by atoms with van der Waals surface area (Å²) in [5.41, 5.74) is 0. The fourth-order valence-corrected chi connectivity index (χ4v) is 1.06. The molecule has 0 saturated heterocycles. The molecule has 1 aliphatic carbocycles. The SMILES string of the molecule is Cn1ccc(NC(=O)C2CC2)n1. The van der Waals surface area contributed by atoms with Crippen LogP contribution in [0.4, 0.5) is 5.82 Å². The van der Waals surface area contributed by atoms with Gasteiger partial charge < -0.3 is 5.32 Å². The van der Waals surface area contributed by atoms with Gasteiger partial charge in [0.05, 0.1) is 0 Å². The molecule has 0 atom stereocenters. The van der Waals surface area contributed by atoms with Crippen LogP contribution in [0.25, 0.3) is 0 Å². The van der Waals surface area contributed by atoms with E-state index in [2.05, 4.69) is 10.4 Å². The molecule has 1 heterocycles. The van der Waals surface area contributed by atoms with Crippen molar-refractivity contribution < 1.29 is 4.79 Å². The molecule has 1 saturated carbocycles. The lowest BCUT2D eigenvalue weighted by Crippen LogP contribution is -2.13. The van der Waals surface area contributed by atoms with Crippen molar-refractivity contribution in [2.24, 2.45) is 13.0 Å². The minimum atomic E-state index is 0.105. The summed E-state index contributed by atoms with van der Waals surface area (Å²) in [5.74, 6) is 0.995. The lowest BCUT2D eigenvalue weighted by atomic mass is 10.4. The predicted molar refractivity (Wildman–Crippen MR) is 44.6 cm³/mol. The van der Waals surface area contributed by atoms with Crippen LogP contribution in [-0.2, 0) is 11.8 Å². The van der Waals surface area contributed by atoms with E-state index in [4.69, 9.17) is 0 Å². The summed E-state index contributed by atoms with van der Waals surface area (Å²) in [7, 11) is 1.83. The summed E-state index contributed by atoms with van der Waals surface area (Å²) >= 11 is 0. The molecule has 1 fully saturated rings. The molecule has 1 N–H and O–H groups in total. The maximum absolute atomic E-state index is 11.2. The average Bonchev–Trinajstić information content (AvgIpc) is 2.78. The number of nitrogens with zero attached hydrogens (tertiary/aromatic N) is 2. The smallest absolute Gasteiger partial charge is 0.228 e. The molecule has 4 nitrogen and oxygen atoms in total. The molecule has 0 aromatic carbocycles. The molecule has 1 aromatic heterocycles. The standard InChI is InChI=1S/C8H11N3O/c1-11-5-4-7(10-11)9-8(12)6-2-3-6/h4-6H,2-3H2,1H3,(H,9,10,12). The molecule has 0 unspecified atom stereocenters. The van der Waals surface area contributed by atoms with Gasteiger partial charge in [-0.3, -0.25) is 9.48 Å². The molecule has 4 heteroatoms. The number of aromatic nitrogens is 2. The zero-order chi connectivity index (χ0) is 8.55. The molecular formula is C8H11N3O. The largest absolute Gasteiger partial charge is 0.309 e. The van der Waals surface area contributed by atoms with Crippen molar-refractivity contribution in [2.75, 3.05) is 5.32 Å². The maximum atomic E-state index is 11.2. The van der Waals surface area contributed by atoms with Gasteiger partial charge in [0.25, 0.3) is 0 Å². The number of aryl methyl sites for hydroxylation is 1. The topological polar surface area (TPSA) is 46.9 Å². The lowest BCUT2D eigenvalue weighted by Gasteiger charge is -1.97. The van der Waals surface area contributed by atoms with Crippen molar-refractivity contribution in [1.82, 2.24) is 9.78 Å². The van der Waals surface area contributed by atoms with Crippen LogP contribution in [0.15, 0.2) is 12.3 Å². The van der Waals surface area contributed by atoms with Gasteiger partial charge in [-0.15, -0.1) is 0 Å². The van der Waals surface area contributed by atoms with Gasteiger partial charge in [-0.1, -0.05) is 0 Å². The first-order chi connectivity index (χ1) is 5.75. The lowest BCUT2D eigenvalue weighted by molar-refractivity contribution is -0.117. The van der Waals surface area contributed by atoms with E-state index in [1.807, 2.05) is 13.2 Å². The van der Waals surface area contributed by atoms with Gasteiger partial charge in [0.1, 0.15) is 0 Å². The first kappa shape index (κ1) is 7.34. The van der Waals surface area contributed by atoms with Crippen LogP contribution in [0, 0.1) is 5.92 Å². The van der Waals surface area contributed by atoms with E-state index < -0.39 is 0 Å². The fourth-order valence-electron chi connectivity index (χ4n) is 1.06. The van der Waals surface area contributed by atoms with Gasteiger partial charge in [0.15, 0.2) is 5.82 Å². The molecule has 0 aliphatic heterocycles. The molecule has 0 bridgehead atoms. The van der Waals surface area contributed by atoms with Gasteiger partial charge in [0.2, 0.25) is 5.91 Å². The molecule has 1 aromatic rings. The Bertz CT molecular complexity index is 301. The molecule has 0 radical (unpaired) electrons. The summed E-state index contributed by atoms with van der Waals surface area (Å²) in [6, 6.07) is 1.79. The third-order valence-corrected chi connectivity index (χ3v) is 1.91. The molecule has 0 spiro atoms. The van der Waals surface area contributed by atoms with Crippen molar-refractivity contribution in [3.63, 3.8) is 0 Å². The van der Waals surface area contributed by atoms with E-state index in [0.717, 1.165) is 12.8 Å². The molecule has 2 rings (SSSR count). The second-order valence-electron chi connectivity index (χ2n) is 3.14. The maximum Gasteiger partial charge on any atom is 0.228 e. The van der Waals surface area contributed by atoms with Gasteiger partial charge in [-0.05, 0) is 12.8 Å². The Morgan fingerprint density at radius 1 is 1.75 bits per heavy atom. The van der Waals surface area contributed by atoms with Gasteiger partial charge >= 0.3 is 0 Å². The highest BCUT2D eigenvalue weighted by Gasteiger charge is 2.29. The predicted octanol–water partition coefficient (Wildman–Crippen LogP) is 0.769. The Morgan fingerprint density at radius 2 is 2.50 bits per heavy atom. The van der Waals surface area contributed by atoms with Gasteiger partial charge in [0, 0.05) is 25.2 Å². The van der Waals surface area contributed by atoms with Crippen LogP contribution >= 0.6 is 0 Å². The van der Waals surface area contributed by atoms with Crippen molar-refractivity contribution in [3.05, 3.63) is 12.3 Å². The third-order valence-electron chi connectivity index (χ3n) is 1.91. The molecule has 1 aliphatic rings. The summed E-state index contributed by atoms with van der Waals surface area (Å²) in [5, 5.41) is 6.80. The van der Waals surface area contributed by atoms with Crippen LogP contribution in [0.5, 0.6) is 0 Å². The number of amides is 1. The van der Waals surface area contributed by atoms with Crippen molar-refractivity contribution in [2.45, 2.75) is 12.8 Å². The summed E-state index contributed by atoms with van der Waals surface area (Å²) in [6.07, 6.45) is 3.86. The normalized spacial score (nSPS) is 16.1. The molecule has 64 valence electrons. The van der Waals surface area contributed by atoms with E-state index in [1.54, 1.807) is 10.7 Å². The van der Waals surface area contributed by atoms with Crippen LogP contribution in [0.1, 0.15) is 12.8 Å². The number of rotatable bonds is 2. The van der Waals surface area contributed by atoms with E-state index in [0.29, 0.717) is 5.82 Å². The molecule has 1 amide bonds. The van der Waals surface area contributed by atoms with Crippen LogP contribution in [-0.4, -0.2) is 15.7 Å². The van der Waals surface area contributed by atoms with E-state index >= 15 is 0 Å². The minimum absolute atomic E-state index is 0.105. The summed E-state index contributed by atoms with van der Waals surface area (Å²) in [6.45, 7) is 0. The van der Waals surface area contributed by atoms with Crippen LogP contribution in [0.3, 0.4) is 0 Å². The summed E-state index contributed by atoms with van der Waals surface area (Å²) < 4.78 is 1.67. The van der Waals surface area contributed by atoms with Crippen molar-refractivity contribution in [1.29, 1.82) is 0 Å². The van der Waals surface area contributed by atoms with Gasteiger partial charge in [-0.25, -0.2) is 0 Å². The van der Waals surface area contributed by atoms with Crippen molar-refractivity contribution >= 4 is 11.7 Å². The number of carbonyl (C=O) groups is 1. The number of anilines is 1.